The van der Waals surface area contributed by atoms with Crippen molar-refractivity contribution in [2.75, 3.05) is 19.0 Å². The third-order valence-electron chi connectivity index (χ3n) is 5.39. The Labute approximate surface area is 155 Å². The van der Waals surface area contributed by atoms with Gasteiger partial charge in [-0.25, -0.2) is 4.98 Å². The van der Waals surface area contributed by atoms with E-state index in [-0.39, 0.29) is 0 Å². The average molecular weight is 349 g/mol. The molecule has 4 nitrogen and oxygen atoms in total. The molecule has 0 bridgehead atoms. The Morgan fingerprint density at radius 1 is 1.19 bits per heavy atom. The lowest BCUT2D eigenvalue weighted by Gasteiger charge is -2.27. The summed E-state index contributed by atoms with van der Waals surface area (Å²) in [5.74, 6) is 1.74. The van der Waals surface area contributed by atoms with Crippen molar-refractivity contribution in [2.45, 2.75) is 39.2 Å². The molecule has 0 atom stereocenters. The van der Waals surface area contributed by atoms with E-state index in [1.165, 1.54) is 35.9 Å². The fraction of sp³-hybridized carbons (Fsp3) is 0.409. The number of fused-ring (bicyclic) bond motifs is 1. The van der Waals surface area contributed by atoms with E-state index in [4.69, 9.17) is 9.72 Å². The Bertz CT molecular complexity index is 878. The van der Waals surface area contributed by atoms with Crippen molar-refractivity contribution in [3.63, 3.8) is 0 Å². The third-order valence-corrected chi connectivity index (χ3v) is 5.39. The molecular weight excluding hydrogens is 322 g/mol. The molecule has 0 saturated heterocycles. The Morgan fingerprint density at radius 2 is 2.00 bits per heavy atom. The van der Waals surface area contributed by atoms with Crippen molar-refractivity contribution in [3.05, 3.63) is 53.9 Å². The molecule has 3 aromatic rings. The third kappa shape index (κ3) is 3.41. The summed E-state index contributed by atoms with van der Waals surface area (Å²) in [6.07, 6.45) is 6.91. The summed E-state index contributed by atoms with van der Waals surface area (Å²) in [5, 5.41) is 4.41. The van der Waals surface area contributed by atoms with Gasteiger partial charge in [0.2, 0.25) is 0 Å². The fourth-order valence-corrected chi connectivity index (χ4v) is 3.70. The van der Waals surface area contributed by atoms with Crippen LogP contribution in [0.3, 0.4) is 0 Å². The first kappa shape index (κ1) is 17.0. The number of benzene rings is 1. The summed E-state index contributed by atoms with van der Waals surface area (Å²) in [6, 6.07) is 13.0. The first-order valence-electron chi connectivity index (χ1n) is 9.64. The summed E-state index contributed by atoms with van der Waals surface area (Å²) in [6.45, 7) is 3.80. The van der Waals surface area contributed by atoms with Crippen LogP contribution in [0.25, 0.3) is 11.0 Å². The minimum absolute atomic E-state index is 0.703. The van der Waals surface area contributed by atoms with Crippen molar-refractivity contribution in [1.82, 2.24) is 9.55 Å². The van der Waals surface area contributed by atoms with Crippen LogP contribution in [0, 0.1) is 5.92 Å². The van der Waals surface area contributed by atoms with E-state index in [1.54, 1.807) is 0 Å². The first-order chi connectivity index (χ1) is 12.8. The smallest absolute Gasteiger partial charge is 0.140 e. The van der Waals surface area contributed by atoms with Gasteiger partial charge in [-0.3, -0.25) is 0 Å². The summed E-state index contributed by atoms with van der Waals surface area (Å²) in [7, 11) is 1.94. The second kappa shape index (κ2) is 7.40. The molecule has 0 spiro atoms. The molecule has 26 heavy (non-hydrogen) atoms. The fourth-order valence-electron chi connectivity index (χ4n) is 3.70. The topological polar surface area (TPSA) is 39.1 Å². The van der Waals surface area contributed by atoms with Crippen molar-refractivity contribution in [1.29, 1.82) is 0 Å². The van der Waals surface area contributed by atoms with Gasteiger partial charge in [0.15, 0.2) is 0 Å². The van der Waals surface area contributed by atoms with Gasteiger partial charge in [0.05, 0.1) is 18.5 Å². The zero-order valence-electron chi connectivity index (χ0n) is 15.7. The lowest BCUT2D eigenvalue weighted by molar-refractivity contribution is 0.277. The van der Waals surface area contributed by atoms with Crippen LogP contribution >= 0.6 is 0 Å². The van der Waals surface area contributed by atoms with Crippen LogP contribution in [0.2, 0.25) is 0 Å². The zero-order chi connectivity index (χ0) is 17.9. The number of aromatic nitrogens is 2. The number of pyridine rings is 1. The monoisotopic (exact) mass is 349 g/mol. The zero-order valence-corrected chi connectivity index (χ0v) is 15.7. The molecule has 1 N–H and O–H groups in total. The van der Waals surface area contributed by atoms with Gasteiger partial charge in [-0.05, 0) is 55.5 Å². The minimum Gasteiger partial charge on any atom is -0.494 e. The number of hydrogen-bond donors (Lipinski definition) is 1. The molecule has 4 rings (SSSR count). The van der Waals surface area contributed by atoms with E-state index < -0.39 is 0 Å². The van der Waals surface area contributed by atoms with E-state index in [9.17, 15) is 0 Å². The molecule has 0 unspecified atom stereocenters. The van der Waals surface area contributed by atoms with Crippen LogP contribution in [0.15, 0.2) is 42.6 Å². The highest BCUT2D eigenvalue weighted by Crippen LogP contribution is 2.31. The predicted molar refractivity (Wildman–Crippen MR) is 107 cm³/mol. The van der Waals surface area contributed by atoms with Crippen molar-refractivity contribution >= 4 is 16.7 Å². The molecule has 1 aromatic carbocycles. The molecule has 1 fully saturated rings. The highest BCUT2D eigenvalue weighted by molar-refractivity contribution is 5.81. The molecule has 1 saturated carbocycles. The Hall–Kier alpha value is -2.49. The van der Waals surface area contributed by atoms with Gasteiger partial charge < -0.3 is 14.6 Å². The van der Waals surface area contributed by atoms with Crippen LogP contribution < -0.4 is 10.1 Å². The van der Waals surface area contributed by atoms with Gasteiger partial charge >= 0.3 is 0 Å². The summed E-state index contributed by atoms with van der Waals surface area (Å²) < 4.78 is 8.00. The molecule has 136 valence electrons. The highest BCUT2D eigenvalue weighted by atomic mass is 16.5. The number of ether oxygens (including phenoxy) is 1. The van der Waals surface area contributed by atoms with Crippen LogP contribution in [0.1, 0.15) is 37.4 Å². The second-order valence-electron chi connectivity index (χ2n) is 7.18. The molecule has 1 aliphatic carbocycles. The Morgan fingerprint density at radius 3 is 2.65 bits per heavy atom. The Kier molecular flexibility index (Phi) is 4.83. The van der Waals surface area contributed by atoms with Gasteiger partial charge in [0, 0.05) is 31.1 Å². The van der Waals surface area contributed by atoms with Gasteiger partial charge in [0.25, 0.3) is 0 Å². The number of nitrogens with zero attached hydrogens (tertiary/aromatic N) is 2. The minimum atomic E-state index is 0.703. The quantitative estimate of drug-likeness (QED) is 0.661. The largest absolute Gasteiger partial charge is 0.494 e. The van der Waals surface area contributed by atoms with Gasteiger partial charge in [-0.15, -0.1) is 0 Å². The SMILES string of the molecule is CCOc1ccc(Cc2cc3cc(NC)cnc3n2CC2CCC2)cc1. The van der Waals surface area contributed by atoms with Crippen LogP contribution in [-0.4, -0.2) is 23.2 Å². The maximum Gasteiger partial charge on any atom is 0.140 e. The number of hydrogen-bond acceptors (Lipinski definition) is 3. The molecule has 4 heteroatoms. The first-order valence-corrected chi connectivity index (χ1v) is 9.64. The maximum absolute atomic E-state index is 5.56. The molecular formula is C22H27N3O. The van der Waals surface area contributed by atoms with E-state index in [2.05, 4.69) is 46.3 Å². The lowest BCUT2D eigenvalue weighted by Crippen LogP contribution is -2.19. The van der Waals surface area contributed by atoms with E-state index in [0.29, 0.717) is 6.61 Å². The average Bonchev–Trinajstić information content (AvgIpc) is 2.96. The summed E-state index contributed by atoms with van der Waals surface area (Å²) in [5.41, 5.74) is 4.82. The molecule has 0 radical (unpaired) electrons. The number of nitrogens with one attached hydrogen (secondary N) is 1. The molecule has 0 aliphatic heterocycles. The maximum atomic E-state index is 5.56. The van der Waals surface area contributed by atoms with E-state index in [1.807, 2.05) is 20.2 Å². The molecule has 2 heterocycles. The van der Waals surface area contributed by atoms with E-state index in [0.717, 1.165) is 36.0 Å². The number of anilines is 1. The van der Waals surface area contributed by atoms with Crippen molar-refractivity contribution in [3.8, 4) is 5.75 Å². The molecule has 0 amide bonds. The van der Waals surface area contributed by atoms with Crippen LogP contribution in [0.4, 0.5) is 5.69 Å². The van der Waals surface area contributed by atoms with Crippen molar-refractivity contribution in [2.24, 2.45) is 5.92 Å². The van der Waals surface area contributed by atoms with Gasteiger partial charge in [-0.2, -0.15) is 0 Å². The summed E-state index contributed by atoms with van der Waals surface area (Å²) >= 11 is 0. The van der Waals surface area contributed by atoms with E-state index >= 15 is 0 Å². The van der Waals surface area contributed by atoms with Crippen LogP contribution in [0.5, 0.6) is 5.75 Å². The standard InChI is InChI=1S/C22H27N3O/c1-3-26-21-9-7-16(8-10-21)11-20-13-18-12-19(23-2)14-24-22(18)25(20)15-17-5-4-6-17/h7-10,12-14,17,23H,3-6,11,15H2,1-2H3. The summed E-state index contributed by atoms with van der Waals surface area (Å²) in [4.78, 5) is 4.74. The van der Waals surface area contributed by atoms with Gasteiger partial charge in [0.1, 0.15) is 11.4 Å². The lowest BCUT2D eigenvalue weighted by atomic mass is 9.85. The normalized spacial score (nSPS) is 14.4. The van der Waals surface area contributed by atoms with Crippen molar-refractivity contribution < 1.29 is 4.74 Å². The highest BCUT2D eigenvalue weighted by Gasteiger charge is 2.21. The molecule has 2 aromatic heterocycles. The second-order valence-corrected chi connectivity index (χ2v) is 7.18. The van der Waals surface area contributed by atoms with Crippen LogP contribution in [-0.2, 0) is 13.0 Å². The molecule has 1 aliphatic rings. The number of rotatable bonds is 7. The predicted octanol–water partition coefficient (Wildman–Crippen LogP) is 4.87. The van der Waals surface area contributed by atoms with Gasteiger partial charge in [-0.1, -0.05) is 18.6 Å². The Balaban J connectivity index is 1.66.